The van der Waals surface area contributed by atoms with Crippen LogP contribution in [0.25, 0.3) is 0 Å². The van der Waals surface area contributed by atoms with E-state index in [1.165, 1.54) is 11.1 Å². The molecule has 0 aliphatic carbocycles. The number of benzene rings is 2. The average molecular weight is 301 g/mol. The summed E-state index contributed by atoms with van der Waals surface area (Å²) in [6.45, 7) is 4.14. The summed E-state index contributed by atoms with van der Waals surface area (Å²) in [6, 6.07) is 13.9. The molecule has 3 heteroatoms. The molecular formula is C15H13BrN2. The average Bonchev–Trinajstić information content (AvgIpc) is 2.36. The highest BCUT2D eigenvalue weighted by molar-refractivity contribution is 9.10. The minimum atomic E-state index is 0.647. The Morgan fingerprint density at radius 1 is 1.06 bits per heavy atom. The van der Waals surface area contributed by atoms with E-state index in [1.54, 1.807) is 6.07 Å². The summed E-state index contributed by atoms with van der Waals surface area (Å²) in [7, 11) is 0. The predicted octanol–water partition coefficient (Wildman–Crippen LogP) is 4.68. The lowest BCUT2D eigenvalue weighted by Gasteiger charge is -2.12. The predicted molar refractivity (Wildman–Crippen MR) is 78.1 cm³/mol. The number of hydrogen-bond acceptors (Lipinski definition) is 2. The van der Waals surface area contributed by atoms with Gasteiger partial charge >= 0.3 is 0 Å². The molecule has 18 heavy (non-hydrogen) atoms. The molecule has 0 fully saturated rings. The van der Waals surface area contributed by atoms with E-state index in [4.69, 9.17) is 5.26 Å². The summed E-state index contributed by atoms with van der Waals surface area (Å²) < 4.78 is 0.891. The fraction of sp³-hybridized carbons (Fsp3) is 0.133. The minimum absolute atomic E-state index is 0.647. The molecular weight excluding hydrogens is 288 g/mol. The molecule has 1 N–H and O–H groups in total. The van der Waals surface area contributed by atoms with Gasteiger partial charge in [0.1, 0.15) is 0 Å². The Bertz CT molecular complexity index is 627. The molecule has 0 aromatic heterocycles. The van der Waals surface area contributed by atoms with Crippen LogP contribution in [0.1, 0.15) is 16.7 Å². The first-order valence-electron chi connectivity index (χ1n) is 5.64. The molecule has 2 aromatic carbocycles. The molecule has 0 aliphatic rings. The van der Waals surface area contributed by atoms with Crippen LogP contribution in [0.5, 0.6) is 0 Å². The highest BCUT2D eigenvalue weighted by atomic mass is 79.9. The first-order valence-corrected chi connectivity index (χ1v) is 6.43. The molecule has 0 atom stereocenters. The number of anilines is 2. The van der Waals surface area contributed by atoms with E-state index in [0.29, 0.717) is 5.56 Å². The lowest BCUT2D eigenvalue weighted by Crippen LogP contribution is -1.95. The van der Waals surface area contributed by atoms with E-state index < -0.39 is 0 Å². The summed E-state index contributed by atoms with van der Waals surface area (Å²) in [4.78, 5) is 0. The Morgan fingerprint density at radius 3 is 2.50 bits per heavy atom. The molecule has 0 unspecified atom stereocenters. The second kappa shape index (κ2) is 5.24. The lowest BCUT2D eigenvalue weighted by molar-refractivity contribution is 1.37. The van der Waals surface area contributed by atoms with Crippen LogP contribution in [0.2, 0.25) is 0 Å². The van der Waals surface area contributed by atoms with Crippen molar-refractivity contribution in [2.45, 2.75) is 13.8 Å². The van der Waals surface area contributed by atoms with Gasteiger partial charge in [0.25, 0.3) is 0 Å². The molecule has 2 nitrogen and oxygen atoms in total. The Kier molecular flexibility index (Phi) is 3.69. The third kappa shape index (κ3) is 2.72. The molecule has 2 rings (SSSR count). The maximum Gasteiger partial charge on any atom is 0.0992 e. The van der Waals surface area contributed by atoms with Crippen LogP contribution in [-0.4, -0.2) is 0 Å². The first kappa shape index (κ1) is 12.7. The van der Waals surface area contributed by atoms with Crippen molar-refractivity contribution in [2.24, 2.45) is 0 Å². The number of rotatable bonds is 2. The van der Waals surface area contributed by atoms with Gasteiger partial charge in [-0.1, -0.05) is 12.1 Å². The van der Waals surface area contributed by atoms with Gasteiger partial charge in [0, 0.05) is 10.2 Å². The maximum absolute atomic E-state index is 8.83. The summed E-state index contributed by atoms with van der Waals surface area (Å²) in [5.41, 5.74) is 5.10. The molecule has 90 valence electrons. The van der Waals surface area contributed by atoms with Crippen LogP contribution in [0, 0.1) is 25.2 Å². The van der Waals surface area contributed by atoms with Gasteiger partial charge in [-0.05, 0) is 65.2 Å². The topological polar surface area (TPSA) is 35.8 Å². The van der Waals surface area contributed by atoms with Crippen LogP contribution in [0.15, 0.2) is 40.9 Å². The number of nitrogens with one attached hydrogen (secondary N) is 1. The van der Waals surface area contributed by atoms with Crippen molar-refractivity contribution in [1.29, 1.82) is 5.26 Å². The van der Waals surface area contributed by atoms with Crippen LogP contribution < -0.4 is 5.32 Å². The minimum Gasteiger partial charge on any atom is -0.354 e. The van der Waals surface area contributed by atoms with E-state index in [-0.39, 0.29) is 0 Å². The van der Waals surface area contributed by atoms with Crippen molar-refractivity contribution >= 4 is 27.3 Å². The standard InChI is InChI=1S/C15H13BrN2/c1-10-3-4-11(2)15(7-10)18-14-6-5-12(9-17)8-13(14)16/h3-8,18H,1-2H3. The lowest BCUT2D eigenvalue weighted by atomic mass is 10.1. The summed E-state index contributed by atoms with van der Waals surface area (Å²) >= 11 is 3.47. The molecule has 2 aromatic rings. The van der Waals surface area contributed by atoms with Crippen LogP contribution in [0.4, 0.5) is 11.4 Å². The van der Waals surface area contributed by atoms with Crippen molar-refractivity contribution < 1.29 is 0 Å². The van der Waals surface area contributed by atoms with Crippen molar-refractivity contribution in [3.63, 3.8) is 0 Å². The van der Waals surface area contributed by atoms with Gasteiger partial charge in [-0.2, -0.15) is 5.26 Å². The Hall–Kier alpha value is -1.79. The van der Waals surface area contributed by atoms with E-state index in [2.05, 4.69) is 59.4 Å². The largest absolute Gasteiger partial charge is 0.354 e. The highest BCUT2D eigenvalue weighted by Crippen LogP contribution is 2.28. The molecule has 0 radical (unpaired) electrons. The third-order valence-corrected chi connectivity index (χ3v) is 3.42. The van der Waals surface area contributed by atoms with Gasteiger partial charge in [-0.25, -0.2) is 0 Å². The fourth-order valence-corrected chi connectivity index (χ4v) is 2.18. The highest BCUT2D eigenvalue weighted by Gasteiger charge is 2.04. The Morgan fingerprint density at radius 2 is 1.83 bits per heavy atom. The zero-order valence-corrected chi connectivity index (χ0v) is 11.9. The molecule has 0 heterocycles. The van der Waals surface area contributed by atoms with E-state index in [0.717, 1.165) is 15.8 Å². The summed E-state index contributed by atoms with van der Waals surface area (Å²) in [5, 5.41) is 12.2. The van der Waals surface area contributed by atoms with Crippen molar-refractivity contribution in [2.75, 3.05) is 5.32 Å². The second-order valence-corrected chi connectivity index (χ2v) is 5.10. The molecule has 0 amide bonds. The zero-order chi connectivity index (χ0) is 13.1. The van der Waals surface area contributed by atoms with Crippen molar-refractivity contribution in [1.82, 2.24) is 0 Å². The first-order chi connectivity index (χ1) is 8.60. The summed E-state index contributed by atoms with van der Waals surface area (Å²) in [6.07, 6.45) is 0. The van der Waals surface area contributed by atoms with Gasteiger partial charge in [0.2, 0.25) is 0 Å². The Labute approximate surface area is 115 Å². The fourth-order valence-electron chi connectivity index (χ4n) is 1.70. The SMILES string of the molecule is Cc1ccc(C)c(Nc2ccc(C#N)cc2Br)c1. The van der Waals surface area contributed by atoms with E-state index in [1.807, 2.05) is 12.1 Å². The number of aryl methyl sites for hydroxylation is 2. The van der Waals surface area contributed by atoms with Gasteiger partial charge in [-0.3, -0.25) is 0 Å². The number of nitriles is 1. The maximum atomic E-state index is 8.83. The normalized spacial score (nSPS) is 9.89. The molecule has 0 aliphatic heterocycles. The van der Waals surface area contributed by atoms with Gasteiger partial charge in [-0.15, -0.1) is 0 Å². The zero-order valence-electron chi connectivity index (χ0n) is 10.3. The smallest absolute Gasteiger partial charge is 0.0992 e. The van der Waals surface area contributed by atoms with E-state index >= 15 is 0 Å². The number of hydrogen-bond donors (Lipinski definition) is 1. The number of nitrogens with zero attached hydrogens (tertiary/aromatic N) is 1. The van der Waals surface area contributed by atoms with Crippen molar-refractivity contribution in [3.05, 3.63) is 57.6 Å². The molecule has 0 saturated heterocycles. The molecule has 0 saturated carbocycles. The Balaban J connectivity index is 2.34. The quantitative estimate of drug-likeness (QED) is 0.874. The second-order valence-electron chi connectivity index (χ2n) is 4.25. The number of halogens is 1. The summed E-state index contributed by atoms with van der Waals surface area (Å²) in [5.74, 6) is 0. The van der Waals surface area contributed by atoms with Crippen LogP contribution in [0.3, 0.4) is 0 Å². The van der Waals surface area contributed by atoms with E-state index in [9.17, 15) is 0 Å². The monoisotopic (exact) mass is 300 g/mol. The van der Waals surface area contributed by atoms with Crippen LogP contribution >= 0.6 is 15.9 Å². The third-order valence-electron chi connectivity index (χ3n) is 2.76. The van der Waals surface area contributed by atoms with Crippen molar-refractivity contribution in [3.8, 4) is 6.07 Å². The van der Waals surface area contributed by atoms with Gasteiger partial charge < -0.3 is 5.32 Å². The molecule has 0 bridgehead atoms. The van der Waals surface area contributed by atoms with Gasteiger partial charge in [0.15, 0.2) is 0 Å². The molecule has 0 spiro atoms. The van der Waals surface area contributed by atoms with Crippen LogP contribution in [-0.2, 0) is 0 Å². The van der Waals surface area contributed by atoms with Gasteiger partial charge in [0.05, 0.1) is 17.3 Å².